The van der Waals surface area contributed by atoms with E-state index in [9.17, 15) is 5.11 Å². The Labute approximate surface area is 93.2 Å². The highest BCUT2D eigenvalue weighted by Crippen LogP contribution is 2.23. The molecule has 15 heavy (non-hydrogen) atoms. The van der Waals surface area contributed by atoms with Crippen LogP contribution < -0.4 is 5.32 Å². The predicted molar refractivity (Wildman–Crippen MR) is 58.1 cm³/mol. The van der Waals surface area contributed by atoms with Crippen LogP contribution in [0.2, 0.25) is 5.15 Å². The molecule has 1 aromatic rings. The molecule has 0 bridgehead atoms. The molecule has 1 aliphatic rings. The lowest BCUT2D eigenvalue weighted by Crippen LogP contribution is -2.42. The van der Waals surface area contributed by atoms with Crippen molar-refractivity contribution in [1.29, 1.82) is 0 Å². The average molecular weight is 229 g/mol. The number of anilines is 1. The molecule has 0 aliphatic carbocycles. The minimum Gasteiger partial charge on any atom is -0.394 e. The number of ether oxygens (including phenoxy) is 1. The zero-order chi connectivity index (χ0) is 10.7. The Bertz CT molecular complexity index is 340. The second-order valence-electron chi connectivity index (χ2n) is 3.71. The molecule has 1 unspecified atom stereocenters. The molecule has 2 rings (SSSR count). The smallest absolute Gasteiger partial charge is 0.131 e. The molecule has 0 radical (unpaired) electrons. The fourth-order valence-corrected chi connectivity index (χ4v) is 1.78. The van der Waals surface area contributed by atoms with Crippen molar-refractivity contribution in [2.24, 2.45) is 0 Å². The first-order chi connectivity index (χ1) is 7.24. The molecule has 82 valence electrons. The number of rotatable bonds is 3. The van der Waals surface area contributed by atoms with Gasteiger partial charge in [-0.2, -0.15) is 0 Å². The number of aromatic nitrogens is 1. The largest absolute Gasteiger partial charge is 0.394 e. The van der Waals surface area contributed by atoms with Gasteiger partial charge in [-0.25, -0.2) is 4.98 Å². The van der Waals surface area contributed by atoms with Crippen LogP contribution >= 0.6 is 11.6 Å². The maximum atomic E-state index is 9.34. The van der Waals surface area contributed by atoms with Gasteiger partial charge in [0.05, 0.1) is 18.8 Å². The molecule has 1 aromatic heterocycles. The van der Waals surface area contributed by atoms with Gasteiger partial charge in [-0.05, 0) is 18.6 Å². The molecule has 1 aliphatic heterocycles. The second kappa shape index (κ2) is 4.35. The van der Waals surface area contributed by atoms with E-state index in [2.05, 4.69) is 10.3 Å². The van der Waals surface area contributed by atoms with Crippen LogP contribution in [0.3, 0.4) is 0 Å². The summed E-state index contributed by atoms with van der Waals surface area (Å²) in [7, 11) is 0. The van der Waals surface area contributed by atoms with Crippen LogP contribution in [0, 0.1) is 0 Å². The lowest BCUT2D eigenvalue weighted by atomic mass is 10.0. The van der Waals surface area contributed by atoms with E-state index < -0.39 is 5.54 Å². The Morgan fingerprint density at radius 2 is 2.47 bits per heavy atom. The molecule has 0 amide bonds. The molecule has 0 aromatic carbocycles. The van der Waals surface area contributed by atoms with Gasteiger partial charge in [0, 0.05) is 6.61 Å². The van der Waals surface area contributed by atoms with Crippen LogP contribution in [-0.4, -0.2) is 35.5 Å². The first-order valence-corrected chi connectivity index (χ1v) is 5.21. The van der Waals surface area contributed by atoms with Crippen LogP contribution in [0.25, 0.3) is 0 Å². The van der Waals surface area contributed by atoms with Gasteiger partial charge in [-0.15, -0.1) is 0 Å². The molecular formula is C10H13ClN2O2. The standard InChI is InChI=1S/C10H13ClN2O2/c11-8-2-1-3-9(12-8)13-10(6-14)4-5-15-7-10/h1-3,14H,4-7H2,(H,12,13). The van der Waals surface area contributed by atoms with Crippen LogP contribution in [0.5, 0.6) is 0 Å². The monoisotopic (exact) mass is 228 g/mol. The molecule has 1 saturated heterocycles. The summed E-state index contributed by atoms with van der Waals surface area (Å²) in [5, 5.41) is 13.0. The molecule has 1 fully saturated rings. The fraction of sp³-hybridized carbons (Fsp3) is 0.500. The van der Waals surface area contributed by atoms with E-state index in [0.29, 0.717) is 24.2 Å². The number of pyridine rings is 1. The maximum Gasteiger partial charge on any atom is 0.131 e. The van der Waals surface area contributed by atoms with Crippen LogP contribution in [0.4, 0.5) is 5.82 Å². The molecule has 0 spiro atoms. The summed E-state index contributed by atoms with van der Waals surface area (Å²) in [6.07, 6.45) is 0.775. The summed E-state index contributed by atoms with van der Waals surface area (Å²) in [6.45, 7) is 1.19. The first kappa shape index (κ1) is 10.7. The third-order valence-electron chi connectivity index (χ3n) is 2.51. The van der Waals surface area contributed by atoms with Crippen molar-refractivity contribution in [3.8, 4) is 0 Å². The summed E-state index contributed by atoms with van der Waals surface area (Å²) >= 11 is 5.77. The van der Waals surface area contributed by atoms with E-state index in [0.717, 1.165) is 6.42 Å². The highest BCUT2D eigenvalue weighted by atomic mass is 35.5. The number of nitrogens with zero attached hydrogens (tertiary/aromatic N) is 1. The third-order valence-corrected chi connectivity index (χ3v) is 2.72. The number of hydrogen-bond acceptors (Lipinski definition) is 4. The molecule has 0 saturated carbocycles. The topological polar surface area (TPSA) is 54.4 Å². The van der Waals surface area contributed by atoms with Gasteiger partial charge in [-0.1, -0.05) is 17.7 Å². The van der Waals surface area contributed by atoms with E-state index >= 15 is 0 Å². The van der Waals surface area contributed by atoms with Gasteiger partial charge in [-0.3, -0.25) is 0 Å². The zero-order valence-corrected chi connectivity index (χ0v) is 9.00. The number of halogens is 1. The zero-order valence-electron chi connectivity index (χ0n) is 8.24. The van der Waals surface area contributed by atoms with Crippen molar-refractivity contribution in [3.63, 3.8) is 0 Å². The van der Waals surface area contributed by atoms with Crippen molar-refractivity contribution in [3.05, 3.63) is 23.4 Å². The highest BCUT2D eigenvalue weighted by molar-refractivity contribution is 6.29. The first-order valence-electron chi connectivity index (χ1n) is 4.83. The highest BCUT2D eigenvalue weighted by Gasteiger charge is 2.34. The van der Waals surface area contributed by atoms with Gasteiger partial charge >= 0.3 is 0 Å². The summed E-state index contributed by atoms with van der Waals surface area (Å²) in [6, 6.07) is 5.35. The van der Waals surface area contributed by atoms with Gasteiger partial charge in [0.25, 0.3) is 0 Å². The van der Waals surface area contributed by atoms with Crippen molar-refractivity contribution in [1.82, 2.24) is 4.98 Å². The Kier molecular flexibility index (Phi) is 3.09. The molecule has 2 heterocycles. The Morgan fingerprint density at radius 1 is 1.60 bits per heavy atom. The lowest BCUT2D eigenvalue weighted by Gasteiger charge is -2.26. The molecule has 2 N–H and O–H groups in total. The van der Waals surface area contributed by atoms with Gasteiger partial charge in [0.2, 0.25) is 0 Å². The molecule has 1 atom stereocenters. The number of nitrogens with one attached hydrogen (secondary N) is 1. The maximum absolute atomic E-state index is 9.34. The molecule has 4 nitrogen and oxygen atoms in total. The fourth-order valence-electron chi connectivity index (χ4n) is 1.62. The quantitative estimate of drug-likeness (QED) is 0.766. The van der Waals surface area contributed by atoms with E-state index in [4.69, 9.17) is 16.3 Å². The van der Waals surface area contributed by atoms with Crippen LogP contribution in [0.15, 0.2) is 18.2 Å². The van der Waals surface area contributed by atoms with E-state index in [1.807, 2.05) is 12.1 Å². The Morgan fingerprint density at radius 3 is 3.07 bits per heavy atom. The van der Waals surface area contributed by atoms with E-state index in [-0.39, 0.29) is 6.61 Å². The molecular weight excluding hydrogens is 216 g/mol. The number of hydrogen-bond donors (Lipinski definition) is 2. The van der Waals surface area contributed by atoms with E-state index in [1.165, 1.54) is 0 Å². The van der Waals surface area contributed by atoms with E-state index in [1.54, 1.807) is 6.07 Å². The van der Waals surface area contributed by atoms with Gasteiger partial charge in [0.15, 0.2) is 0 Å². The minimum absolute atomic E-state index is 0.0290. The summed E-state index contributed by atoms with van der Waals surface area (Å²) in [4.78, 5) is 4.12. The number of aliphatic hydroxyl groups excluding tert-OH is 1. The van der Waals surface area contributed by atoms with Crippen LogP contribution in [0.1, 0.15) is 6.42 Å². The minimum atomic E-state index is -0.405. The number of aliphatic hydroxyl groups is 1. The van der Waals surface area contributed by atoms with Gasteiger partial charge in [0.1, 0.15) is 11.0 Å². The summed E-state index contributed by atoms with van der Waals surface area (Å²) < 4.78 is 5.27. The normalized spacial score (nSPS) is 25.5. The van der Waals surface area contributed by atoms with Crippen molar-refractivity contribution in [2.45, 2.75) is 12.0 Å². The van der Waals surface area contributed by atoms with Crippen molar-refractivity contribution in [2.75, 3.05) is 25.1 Å². The lowest BCUT2D eigenvalue weighted by molar-refractivity contribution is 0.152. The average Bonchev–Trinajstić information content (AvgIpc) is 2.67. The van der Waals surface area contributed by atoms with Crippen LogP contribution in [-0.2, 0) is 4.74 Å². The third kappa shape index (κ3) is 2.40. The SMILES string of the molecule is OCC1(Nc2cccc(Cl)n2)CCOC1. The predicted octanol–water partition coefficient (Wildman–Crippen LogP) is 1.30. The second-order valence-corrected chi connectivity index (χ2v) is 4.10. The van der Waals surface area contributed by atoms with Crippen molar-refractivity contribution >= 4 is 17.4 Å². The van der Waals surface area contributed by atoms with Crippen molar-refractivity contribution < 1.29 is 9.84 Å². The summed E-state index contributed by atoms with van der Waals surface area (Å²) in [5.41, 5.74) is -0.405. The molecule has 5 heteroatoms. The Hall–Kier alpha value is -0.840. The van der Waals surface area contributed by atoms with Gasteiger partial charge < -0.3 is 15.2 Å². The summed E-state index contributed by atoms with van der Waals surface area (Å²) in [5.74, 6) is 0.669. The Balaban J connectivity index is 2.12.